The van der Waals surface area contributed by atoms with E-state index >= 15 is 0 Å². The average molecular weight is 337 g/mol. The largest absolute Gasteiger partial charge is 0.356 e. The predicted octanol–water partition coefficient (Wildman–Crippen LogP) is 2.97. The zero-order valence-electron chi connectivity index (χ0n) is 14.4. The Morgan fingerprint density at radius 3 is 2.83 bits per heavy atom. The molecule has 1 saturated heterocycles. The monoisotopic (exact) mass is 336 g/mol. The van der Waals surface area contributed by atoms with Crippen molar-refractivity contribution in [3.63, 3.8) is 0 Å². The van der Waals surface area contributed by atoms with E-state index in [1.165, 1.54) is 18.2 Å². The van der Waals surface area contributed by atoms with Gasteiger partial charge in [-0.05, 0) is 30.7 Å². The molecule has 1 aromatic heterocycles. The number of amides is 1. The number of piperidine rings is 1. The first-order valence-electron chi connectivity index (χ1n) is 8.56. The molecule has 0 aliphatic carbocycles. The quantitative estimate of drug-likeness (QED) is 0.471. The second-order valence-electron chi connectivity index (χ2n) is 6.54. The van der Waals surface area contributed by atoms with Crippen molar-refractivity contribution < 1.29 is 4.79 Å². The molecule has 2 atom stereocenters. The first kappa shape index (κ1) is 18.0. The Bertz CT molecular complexity index is 501. The normalized spacial score (nSPS) is 21.3. The van der Waals surface area contributed by atoms with Crippen molar-refractivity contribution in [2.45, 2.75) is 45.2 Å². The summed E-state index contributed by atoms with van der Waals surface area (Å²) in [7, 11) is 0. The maximum atomic E-state index is 11.8. The summed E-state index contributed by atoms with van der Waals surface area (Å²) < 4.78 is 0. The minimum absolute atomic E-state index is 0.0534. The van der Waals surface area contributed by atoms with Crippen LogP contribution in [0.3, 0.4) is 0 Å². The highest BCUT2D eigenvalue weighted by atomic mass is 32.2. The lowest BCUT2D eigenvalue weighted by molar-refractivity contribution is -0.118. The number of anilines is 1. The molecule has 1 aromatic rings. The first-order chi connectivity index (χ1) is 11.1. The molecule has 2 rings (SSSR count). The first-order valence-corrected chi connectivity index (χ1v) is 9.54. The Labute approximate surface area is 143 Å². The maximum absolute atomic E-state index is 11.8. The van der Waals surface area contributed by atoms with Gasteiger partial charge in [-0.2, -0.15) is 0 Å². The Kier molecular flexibility index (Phi) is 7.15. The molecule has 128 valence electrons. The van der Waals surface area contributed by atoms with E-state index in [2.05, 4.69) is 41.0 Å². The third kappa shape index (κ3) is 6.01. The average Bonchev–Trinajstić information content (AvgIpc) is 2.52. The molecule has 1 aliphatic rings. The van der Waals surface area contributed by atoms with Crippen LogP contribution in [0.15, 0.2) is 17.4 Å². The summed E-state index contributed by atoms with van der Waals surface area (Å²) in [5, 5.41) is 3.60. The number of rotatable bonds is 7. The number of hydrogen-bond acceptors (Lipinski definition) is 5. The molecule has 1 aliphatic heterocycles. The van der Waals surface area contributed by atoms with Crippen molar-refractivity contribution in [2.75, 3.05) is 30.3 Å². The summed E-state index contributed by atoms with van der Waals surface area (Å²) in [4.78, 5) is 23.0. The van der Waals surface area contributed by atoms with Crippen LogP contribution in [0.5, 0.6) is 0 Å². The van der Waals surface area contributed by atoms with Crippen molar-refractivity contribution in [3.05, 3.63) is 12.3 Å². The van der Waals surface area contributed by atoms with Crippen LogP contribution in [0, 0.1) is 11.8 Å². The molecule has 2 unspecified atom stereocenters. The van der Waals surface area contributed by atoms with Gasteiger partial charge in [-0.3, -0.25) is 4.79 Å². The fourth-order valence-corrected chi connectivity index (χ4v) is 3.67. The molecule has 2 heterocycles. The SMILES string of the molecule is CCCCNC(=O)CSc1nccc(N2CC(C)CC(C)C2)n1. The van der Waals surface area contributed by atoms with E-state index in [0.29, 0.717) is 22.7 Å². The number of nitrogens with zero attached hydrogens (tertiary/aromatic N) is 3. The van der Waals surface area contributed by atoms with E-state index in [1.54, 1.807) is 6.20 Å². The number of nitrogens with one attached hydrogen (secondary N) is 1. The molecule has 0 radical (unpaired) electrons. The standard InChI is InChI=1S/C17H28N4OS/c1-4-5-7-18-16(22)12-23-17-19-8-6-15(20-17)21-10-13(2)9-14(3)11-21/h6,8,13-14H,4-5,7,9-12H2,1-3H3,(H,18,22). The van der Waals surface area contributed by atoms with Gasteiger partial charge in [-0.25, -0.2) is 9.97 Å². The smallest absolute Gasteiger partial charge is 0.230 e. The summed E-state index contributed by atoms with van der Waals surface area (Å²) in [6, 6.07) is 1.97. The fraction of sp³-hybridized carbons (Fsp3) is 0.706. The number of aromatic nitrogens is 2. The van der Waals surface area contributed by atoms with E-state index in [4.69, 9.17) is 0 Å². The summed E-state index contributed by atoms with van der Waals surface area (Å²) >= 11 is 1.41. The highest BCUT2D eigenvalue weighted by Crippen LogP contribution is 2.25. The van der Waals surface area contributed by atoms with E-state index in [1.807, 2.05) is 6.07 Å². The number of carbonyl (C=O) groups is 1. The number of thioether (sulfide) groups is 1. The van der Waals surface area contributed by atoms with Gasteiger partial charge in [0.2, 0.25) is 5.91 Å². The van der Waals surface area contributed by atoms with E-state index in [0.717, 1.165) is 38.3 Å². The summed E-state index contributed by atoms with van der Waals surface area (Å²) in [5.74, 6) is 2.79. The van der Waals surface area contributed by atoms with Gasteiger partial charge in [0.1, 0.15) is 5.82 Å². The molecule has 0 bridgehead atoms. The number of carbonyl (C=O) groups excluding carboxylic acids is 1. The van der Waals surface area contributed by atoms with Crippen molar-refractivity contribution in [2.24, 2.45) is 11.8 Å². The van der Waals surface area contributed by atoms with Gasteiger partial charge in [0, 0.05) is 25.8 Å². The highest BCUT2D eigenvalue weighted by Gasteiger charge is 2.23. The van der Waals surface area contributed by atoms with E-state index in [9.17, 15) is 4.79 Å². The van der Waals surface area contributed by atoms with Crippen LogP contribution in [-0.2, 0) is 4.79 Å². The van der Waals surface area contributed by atoms with Gasteiger partial charge in [0.05, 0.1) is 5.75 Å². The van der Waals surface area contributed by atoms with Gasteiger partial charge in [0.25, 0.3) is 0 Å². The van der Waals surface area contributed by atoms with E-state index < -0.39 is 0 Å². The Morgan fingerprint density at radius 1 is 1.39 bits per heavy atom. The minimum atomic E-state index is 0.0534. The molecule has 0 saturated carbocycles. The van der Waals surface area contributed by atoms with Crippen molar-refractivity contribution in [1.82, 2.24) is 15.3 Å². The van der Waals surface area contributed by atoms with Crippen LogP contribution in [0.4, 0.5) is 5.82 Å². The molecule has 23 heavy (non-hydrogen) atoms. The van der Waals surface area contributed by atoms with Gasteiger partial charge < -0.3 is 10.2 Å². The van der Waals surface area contributed by atoms with Crippen LogP contribution in [0.25, 0.3) is 0 Å². The third-order valence-electron chi connectivity index (χ3n) is 4.00. The molecular formula is C17H28N4OS. The molecule has 0 aromatic carbocycles. The van der Waals surface area contributed by atoms with Crippen LogP contribution >= 0.6 is 11.8 Å². The number of hydrogen-bond donors (Lipinski definition) is 1. The van der Waals surface area contributed by atoms with Crippen LogP contribution in [0.2, 0.25) is 0 Å². The Balaban J connectivity index is 1.88. The lowest BCUT2D eigenvalue weighted by atomic mass is 9.92. The number of unbranched alkanes of at least 4 members (excludes halogenated alkanes) is 1. The minimum Gasteiger partial charge on any atom is -0.356 e. The highest BCUT2D eigenvalue weighted by molar-refractivity contribution is 7.99. The zero-order chi connectivity index (χ0) is 16.7. The second-order valence-corrected chi connectivity index (χ2v) is 7.48. The zero-order valence-corrected chi connectivity index (χ0v) is 15.2. The van der Waals surface area contributed by atoms with Gasteiger partial charge in [-0.15, -0.1) is 0 Å². The molecule has 1 N–H and O–H groups in total. The topological polar surface area (TPSA) is 58.1 Å². The lowest BCUT2D eigenvalue weighted by Crippen LogP contribution is -2.39. The molecular weight excluding hydrogens is 308 g/mol. The van der Waals surface area contributed by atoms with Crippen molar-refractivity contribution in [1.29, 1.82) is 0 Å². The summed E-state index contributed by atoms with van der Waals surface area (Å²) in [6.07, 6.45) is 5.18. The predicted molar refractivity (Wildman–Crippen MR) is 95.8 cm³/mol. The molecule has 1 fully saturated rings. The van der Waals surface area contributed by atoms with Crippen LogP contribution < -0.4 is 10.2 Å². The van der Waals surface area contributed by atoms with Crippen molar-refractivity contribution in [3.8, 4) is 0 Å². The third-order valence-corrected chi connectivity index (χ3v) is 4.86. The summed E-state index contributed by atoms with van der Waals surface area (Å²) in [5.41, 5.74) is 0. The van der Waals surface area contributed by atoms with Gasteiger partial charge in [0.15, 0.2) is 5.16 Å². The Hall–Kier alpha value is -1.30. The van der Waals surface area contributed by atoms with Gasteiger partial charge in [-0.1, -0.05) is 39.0 Å². The summed E-state index contributed by atoms with van der Waals surface area (Å²) in [6.45, 7) is 9.54. The van der Waals surface area contributed by atoms with Crippen molar-refractivity contribution >= 4 is 23.5 Å². The second kappa shape index (κ2) is 9.11. The van der Waals surface area contributed by atoms with Crippen LogP contribution in [0.1, 0.15) is 40.0 Å². The van der Waals surface area contributed by atoms with Crippen LogP contribution in [-0.4, -0.2) is 41.3 Å². The fourth-order valence-electron chi connectivity index (χ4n) is 3.01. The molecule has 0 spiro atoms. The Morgan fingerprint density at radius 2 is 2.13 bits per heavy atom. The van der Waals surface area contributed by atoms with Gasteiger partial charge >= 0.3 is 0 Å². The lowest BCUT2D eigenvalue weighted by Gasteiger charge is -2.35. The molecule has 5 nitrogen and oxygen atoms in total. The molecule has 6 heteroatoms. The molecule has 1 amide bonds. The maximum Gasteiger partial charge on any atom is 0.230 e. The van der Waals surface area contributed by atoms with E-state index in [-0.39, 0.29) is 5.91 Å².